The molecule has 6 heteroatoms. The fourth-order valence-corrected chi connectivity index (χ4v) is 7.13. The van der Waals surface area contributed by atoms with Gasteiger partial charge in [-0.25, -0.2) is 0 Å². The van der Waals surface area contributed by atoms with Crippen molar-refractivity contribution >= 4 is 17.9 Å². The number of unbranched alkanes of at least 4 members (excludes halogenated alkanes) is 22. The Hall–Kier alpha value is -3.41. The molecule has 0 aromatic carbocycles. The predicted octanol–water partition coefficient (Wildman–Crippen LogP) is 17.6. The molecule has 64 heavy (non-hydrogen) atoms. The Bertz CT molecular complexity index is 1250. The van der Waals surface area contributed by atoms with Crippen LogP contribution in [0.25, 0.3) is 0 Å². The van der Waals surface area contributed by atoms with Gasteiger partial charge in [-0.1, -0.05) is 221 Å². The lowest BCUT2D eigenvalue weighted by molar-refractivity contribution is -0.167. The molecule has 1 unspecified atom stereocenters. The number of carbonyl (C=O) groups excluding carboxylic acids is 3. The molecule has 0 radical (unpaired) electrons. The molecule has 0 aliphatic carbocycles. The largest absolute Gasteiger partial charge is 0.462 e. The minimum absolute atomic E-state index is 0.0804. The minimum atomic E-state index is -0.777. The highest BCUT2D eigenvalue weighted by molar-refractivity contribution is 5.71. The molecule has 0 aromatic heterocycles. The summed E-state index contributed by atoms with van der Waals surface area (Å²) in [5, 5.41) is 0. The monoisotopic (exact) mass is 891 g/mol. The van der Waals surface area contributed by atoms with Gasteiger partial charge in [-0.05, 0) is 89.9 Å². The molecule has 0 saturated carbocycles. The first-order valence-electron chi connectivity index (χ1n) is 26.6. The number of hydrogen-bond donors (Lipinski definition) is 0. The van der Waals surface area contributed by atoms with E-state index in [0.717, 1.165) is 109 Å². The van der Waals surface area contributed by atoms with Crippen molar-refractivity contribution in [3.8, 4) is 0 Å². The van der Waals surface area contributed by atoms with Crippen molar-refractivity contribution in [1.82, 2.24) is 0 Å². The van der Waals surface area contributed by atoms with Gasteiger partial charge < -0.3 is 14.2 Å². The lowest BCUT2D eigenvalue weighted by atomic mass is 10.1. The first kappa shape index (κ1) is 60.6. The van der Waals surface area contributed by atoms with Crippen molar-refractivity contribution in [2.24, 2.45) is 0 Å². The summed E-state index contributed by atoms with van der Waals surface area (Å²) in [7, 11) is 0. The molecule has 0 N–H and O–H groups in total. The standard InChI is InChI=1S/C58H98O6/c1-4-7-10-13-16-18-20-21-22-23-24-25-26-27-28-29-30-31-32-33-34-35-36-37-39-40-42-45-48-51-57(60)63-54-55(53-62-56(59)50-47-44-15-12-9-6-3)64-58(61)52-49-46-43-41-38-19-17-14-11-8-5-2/h7,10,14,16-18,21-22,24-25,27-28,30-31,55H,4-6,8-9,11-13,15,19-20,23,26,29,32-54H2,1-3H3/b10-7-,17-14-,18-16-,22-21-,25-24-,28-27-,31-30-. The van der Waals surface area contributed by atoms with Crippen LogP contribution in [0.3, 0.4) is 0 Å². The maximum atomic E-state index is 12.7. The number of hydrogen-bond acceptors (Lipinski definition) is 6. The van der Waals surface area contributed by atoms with E-state index in [1.54, 1.807) is 0 Å². The zero-order valence-electron chi connectivity index (χ0n) is 41.8. The summed E-state index contributed by atoms with van der Waals surface area (Å²) >= 11 is 0. The second-order valence-electron chi connectivity index (χ2n) is 17.4. The highest BCUT2D eigenvalue weighted by Gasteiger charge is 2.19. The molecular formula is C58H98O6. The van der Waals surface area contributed by atoms with Crippen LogP contribution in [-0.2, 0) is 28.6 Å². The van der Waals surface area contributed by atoms with E-state index >= 15 is 0 Å². The Kier molecular flexibility index (Phi) is 49.4. The van der Waals surface area contributed by atoms with Crippen LogP contribution in [0.15, 0.2) is 85.1 Å². The summed E-state index contributed by atoms with van der Waals surface area (Å²) in [6.45, 7) is 6.41. The SMILES string of the molecule is CC/C=C\C/C=C\C/C=C\C/C=C\C/C=C\C/C=C\CCCCCCCCCCCCC(=O)OCC(COC(=O)CCCCCCCC)OC(=O)CCCCCCC/C=C\CCCC. The molecule has 366 valence electrons. The van der Waals surface area contributed by atoms with E-state index in [4.69, 9.17) is 14.2 Å². The molecule has 0 aliphatic rings. The highest BCUT2D eigenvalue weighted by atomic mass is 16.6. The highest BCUT2D eigenvalue weighted by Crippen LogP contribution is 2.14. The Morgan fingerprint density at radius 3 is 1.02 bits per heavy atom. The van der Waals surface area contributed by atoms with Crippen molar-refractivity contribution in [3.05, 3.63) is 85.1 Å². The summed E-state index contributed by atoms with van der Waals surface area (Å²) in [6, 6.07) is 0. The summed E-state index contributed by atoms with van der Waals surface area (Å²) in [4.78, 5) is 37.7. The minimum Gasteiger partial charge on any atom is -0.462 e. The summed E-state index contributed by atoms with van der Waals surface area (Å²) < 4.78 is 16.7. The number of allylic oxidation sites excluding steroid dienone is 14. The smallest absolute Gasteiger partial charge is 0.306 e. The Balaban J connectivity index is 4.07. The summed E-state index contributed by atoms with van der Waals surface area (Å²) in [5.41, 5.74) is 0. The number of rotatable bonds is 47. The third-order valence-corrected chi connectivity index (χ3v) is 11.1. The van der Waals surface area contributed by atoms with Gasteiger partial charge >= 0.3 is 17.9 Å². The van der Waals surface area contributed by atoms with E-state index < -0.39 is 6.10 Å². The van der Waals surface area contributed by atoms with Crippen LogP contribution in [0.5, 0.6) is 0 Å². The van der Waals surface area contributed by atoms with Crippen LogP contribution in [0, 0.1) is 0 Å². The van der Waals surface area contributed by atoms with Crippen molar-refractivity contribution in [3.63, 3.8) is 0 Å². The van der Waals surface area contributed by atoms with E-state index in [1.165, 1.54) is 96.3 Å². The van der Waals surface area contributed by atoms with Gasteiger partial charge in [-0.3, -0.25) is 14.4 Å². The second-order valence-corrected chi connectivity index (χ2v) is 17.4. The summed E-state index contributed by atoms with van der Waals surface area (Å²) in [6.07, 6.45) is 67.5. The van der Waals surface area contributed by atoms with E-state index in [9.17, 15) is 14.4 Å². The van der Waals surface area contributed by atoms with Gasteiger partial charge in [0.15, 0.2) is 6.10 Å². The normalized spacial score (nSPS) is 12.7. The average Bonchev–Trinajstić information content (AvgIpc) is 3.29. The van der Waals surface area contributed by atoms with Gasteiger partial charge in [-0.2, -0.15) is 0 Å². The molecule has 1 atom stereocenters. The second kappa shape index (κ2) is 52.2. The van der Waals surface area contributed by atoms with Crippen molar-refractivity contribution in [2.45, 2.75) is 252 Å². The zero-order chi connectivity index (χ0) is 46.5. The third kappa shape index (κ3) is 49.6. The summed E-state index contributed by atoms with van der Waals surface area (Å²) in [5.74, 6) is -0.906. The Morgan fingerprint density at radius 2 is 0.625 bits per heavy atom. The maximum absolute atomic E-state index is 12.7. The maximum Gasteiger partial charge on any atom is 0.306 e. The van der Waals surface area contributed by atoms with E-state index in [2.05, 4.69) is 106 Å². The van der Waals surface area contributed by atoms with Crippen LogP contribution in [-0.4, -0.2) is 37.2 Å². The van der Waals surface area contributed by atoms with Gasteiger partial charge in [0.2, 0.25) is 0 Å². The number of esters is 3. The molecule has 0 fully saturated rings. The van der Waals surface area contributed by atoms with Crippen LogP contribution >= 0.6 is 0 Å². The molecule has 6 nitrogen and oxygen atoms in total. The van der Waals surface area contributed by atoms with Gasteiger partial charge in [0, 0.05) is 19.3 Å². The van der Waals surface area contributed by atoms with E-state index in [1.807, 2.05) is 0 Å². The molecule has 0 spiro atoms. The first-order valence-corrected chi connectivity index (χ1v) is 26.6. The quantitative estimate of drug-likeness (QED) is 0.0262. The third-order valence-electron chi connectivity index (χ3n) is 11.1. The van der Waals surface area contributed by atoms with E-state index in [0.29, 0.717) is 19.3 Å². The topological polar surface area (TPSA) is 78.9 Å². The molecule has 0 aliphatic heterocycles. The van der Waals surface area contributed by atoms with Crippen molar-refractivity contribution in [1.29, 1.82) is 0 Å². The lowest BCUT2D eigenvalue weighted by Gasteiger charge is -2.18. The molecule has 0 rings (SSSR count). The fourth-order valence-electron chi connectivity index (χ4n) is 7.13. The molecular weight excluding hydrogens is 793 g/mol. The molecule has 0 bridgehead atoms. The average molecular weight is 891 g/mol. The van der Waals surface area contributed by atoms with Crippen molar-refractivity contribution in [2.75, 3.05) is 13.2 Å². The van der Waals surface area contributed by atoms with Crippen LogP contribution in [0.1, 0.15) is 245 Å². The van der Waals surface area contributed by atoms with Crippen LogP contribution in [0.2, 0.25) is 0 Å². The van der Waals surface area contributed by atoms with Crippen molar-refractivity contribution < 1.29 is 28.6 Å². The van der Waals surface area contributed by atoms with Gasteiger partial charge in [0.1, 0.15) is 13.2 Å². The molecule has 0 amide bonds. The molecule has 0 saturated heterocycles. The van der Waals surface area contributed by atoms with E-state index in [-0.39, 0.29) is 31.1 Å². The number of ether oxygens (including phenoxy) is 3. The van der Waals surface area contributed by atoms with Crippen LogP contribution < -0.4 is 0 Å². The zero-order valence-corrected chi connectivity index (χ0v) is 41.8. The fraction of sp³-hybridized carbons (Fsp3) is 0.707. The van der Waals surface area contributed by atoms with Gasteiger partial charge in [0.25, 0.3) is 0 Å². The number of carbonyl (C=O) groups is 3. The lowest BCUT2D eigenvalue weighted by Crippen LogP contribution is -2.30. The van der Waals surface area contributed by atoms with Gasteiger partial charge in [0.05, 0.1) is 0 Å². The first-order chi connectivity index (χ1) is 31.5. The van der Waals surface area contributed by atoms with Crippen LogP contribution in [0.4, 0.5) is 0 Å². The molecule has 0 aromatic rings. The van der Waals surface area contributed by atoms with Gasteiger partial charge in [-0.15, -0.1) is 0 Å². The molecule has 0 heterocycles. The Morgan fingerprint density at radius 1 is 0.328 bits per heavy atom. The Labute approximate surface area is 395 Å². The predicted molar refractivity (Wildman–Crippen MR) is 274 cm³/mol.